The standard InChI is InChI=1S/C13H11N5O3S/c1-9(19)17-10-2-4-11(5-3-10)22(20,21)18-8-16-12-6-14-7-15-13(12)18/h2-8H,1H3,(H,17,19). The van der Waals surface area contributed by atoms with Crippen molar-refractivity contribution >= 4 is 32.8 Å². The lowest BCUT2D eigenvalue weighted by Crippen LogP contribution is -2.13. The zero-order valence-electron chi connectivity index (χ0n) is 11.5. The minimum Gasteiger partial charge on any atom is -0.326 e. The van der Waals surface area contributed by atoms with E-state index in [1.807, 2.05) is 0 Å². The van der Waals surface area contributed by atoms with Crippen molar-refractivity contribution in [3.63, 3.8) is 0 Å². The van der Waals surface area contributed by atoms with Crippen LogP contribution in [0.25, 0.3) is 11.2 Å². The molecule has 0 atom stereocenters. The Morgan fingerprint density at radius 3 is 2.59 bits per heavy atom. The van der Waals surface area contributed by atoms with Crippen molar-refractivity contribution in [2.45, 2.75) is 11.8 Å². The van der Waals surface area contributed by atoms with Crippen molar-refractivity contribution in [1.82, 2.24) is 18.9 Å². The summed E-state index contributed by atoms with van der Waals surface area (Å²) in [5.74, 6) is -0.229. The number of nitrogens with zero attached hydrogens (tertiary/aromatic N) is 4. The lowest BCUT2D eigenvalue weighted by molar-refractivity contribution is -0.114. The summed E-state index contributed by atoms with van der Waals surface area (Å²) >= 11 is 0. The molecule has 0 unspecified atom stereocenters. The molecule has 0 bridgehead atoms. The van der Waals surface area contributed by atoms with Crippen LogP contribution < -0.4 is 5.32 Å². The highest BCUT2D eigenvalue weighted by Gasteiger charge is 2.20. The Labute approximate surface area is 125 Å². The zero-order valence-corrected chi connectivity index (χ0v) is 12.3. The number of fused-ring (bicyclic) bond motifs is 1. The molecule has 0 spiro atoms. The Hall–Kier alpha value is -2.81. The number of anilines is 1. The molecule has 2 aromatic heterocycles. The molecule has 8 nitrogen and oxygen atoms in total. The van der Waals surface area contributed by atoms with Crippen LogP contribution in [0.2, 0.25) is 0 Å². The Kier molecular flexibility index (Phi) is 3.33. The summed E-state index contributed by atoms with van der Waals surface area (Å²) in [5.41, 5.74) is 1.12. The van der Waals surface area contributed by atoms with Crippen LogP contribution >= 0.6 is 0 Å². The van der Waals surface area contributed by atoms with Crippen molar-refractivity contribution in [1.29, 1.82) is 0 Å². The van der Waals surface area contributed by atoms with E-state index in [1.54, 1.807) is 0 Å². The van der Waals surface area contributed by atoms with Gasteiger partial charge < -0.3 is 5.32 Å². The number of benzene rings is 1. The van der Waals surface area contributed by atoms with Crippen molar-refractivity contribution in [2.75, 3.05) is 5.32 Å². The van der Waals surface area contributed by atoms with Crippen LogP contribution in [-0.4, -0.2) is 33.2 Å². The van der Waals surface area contributed by atoms with E-state index in [2.05, 4.69) is 20.3 Å². The lowest BCUT2D eigenvalue weighted by Gasteiger charge is -2.07. The largest absolute Gasteiger partial charge is 0.326 e. The maximum absolute atomic E-state index is 12.6. The number of hydrogen-bond donors (Lipinski definition) is 1. The first-order valence-corrected chi connectivity index (χ1v) is 7.69. The van der Waals surface area contributed by atoms with Gasteiger partial charge in [0.15, 0.2) is 5.65 Å². The van der Waals surface area contributed by atoms with E-state index in [4.69, 9.17) is 0 Å². The van der Waals surface area contributed by atoms with Gasteiger partial charge in [-0.15, -0.1) is 0 Å². The third-order valence-electron chi connectivity index (χ3n) is 2.91. The molecular formula is C13H11N5O3S. The second kappa shape index (κ2) is 5.19. The molecule has 9 heteroatoms. The molecule has 0 aliphatic heterocycles. The summed E-state index contributed by atoms with van der Waals surface area (Å²) in [6.45, 7) is 1.38. The van der Waals surface area contributed by atoms with Gasteiger partial charge in [0.1, 0.15) is 18.2 Å². The molecule has 112 valence electrons. The van der Waals surface area contributed by atoms with Crippen molar-refractivity contribution in [2.24, 2.45) is 0 Å². The zero-order chi connectivity index (χ0) is 15.7. The predicted octanol–water partition coefficient (Wildman–Crippen LogP) is 1.02. The van der Waals surface area contributed by atoms with Gasteiger partial charge in [-0.1, -0.05) is 0 Å². The van der Waals surface area contributed by atoms with Crippen molar-refractivity contribution in [3.8, 4) is 0 Å². The van der Waals surface area contributed by atoms with E-state index < -0.39 is 10.0 Å². The van der Waals surface area contributed by atoms with Crippen molar-refractivity contribution in [3.05, 3.63) is 43.1 Å². The summed E-state index contributed by atoms with van der Waals surface area (Å²) in [7, 11) is -3.82. The first-order chi connectivity index (χ1) is 10.5. The van der Waals surface area contributed by atoms with Gasteiger partial charge in [-0.2, -0.15) is 0 Å². The molecule has 22 heavy (non-hydrogen) atoms. The van der Waals surface area contributed by atoms with Crippen LogP contribution in [0.3, 0.4) is 0 Å². The second-order valence-corrected chi connectivity index (χ2v) is 6.30. The maximum Gasteiger partial charge on any atom is 0.270 e. The van der Waals surface area contributed by atoms with Gasteiger partial charge >= 0.3 is 0 Å². The molecule has 0 aliphatic rings. The summed E-state index contributed by atoms with van der Waals surface area (Å²) in [6.07, 6.45) is 3.89. The molecule has 0 aliphatic carbocycles. The summed E-state index contributed by atoms with van der Waals surface area (Å²) < 4.78 is 26.2. The predicted molar refractivity (Wildman–Crippen MR) is 78.7 cm³/mol. The number of carbonyl (C=O) groups excluding carboxylic acids is 1. The number of carbonyl (C=O) groups is 1. The van der Waals surface area contributed by atoms with Gasteiger partial charge in [0.25, 0.3) is 10.0 Å². The average Bonchev–Trinajstić information content (AvgIpc) is 2.92. The number of aromatic nitrogens is 4. The van der Waals surface area contributed by atoms with Gasteiger partial charge in [-0.25, -0.2) is 27.3 Å². The number of amides is 1. The minimum absolute atomic E-state index is 0.0690. The summed E-state index contributed by atoms with van der Waals surface area (Å²) in [4.78, 5) is 22.8. The monoisotopic (exact) mass is 317 g/mol. The molecule has 0 saturated heterocycles. The Morgan fingerprint density at radius 1 is 1.18 bits per heavy atom. The van der Waals surface area contributed by atoms with E-state index in [0.29, 0.717) is 11.2 Å². The minimum atomic E-state index is -3.82. The molecule has 0 saturated carbocycles. The van der Waals surface area contributed by atoms with Crippen LogP contribution in [0, 0.1) is 0 Å². The number of hydrogen-bond acceptors (Lipinski definition) is 6. The highest BCUT2D eigenvalue weighted by molar-refractivity contribution is 7.90. The van der Waals surface area contributed by atoms with Crippen LogP contribution in [0.4, 0.5) is 5.69 Å². The van der Waals surface area contributed by atoms with Crippen LogP contribution in [0.5, 0.6) is 0 Å². The molecule has 0 fully saturated rings. The maximum atomic E-state index is 12.6. The van der Waals surface area contributed by atoms with Crippen LogP contribution in [0.15, 0.2) is 48.0 Å². The molecular weight excluding hydrogens is 306 g/mol. The molecule has 3 rings (SSSR count). The molecule has 1 amide bonds. The van der Waals surface area contributed by atoms with E-state index in [0.717, 1.165) is 3.97 Å². The fourth-order valence-electron chi connectivity index (χ4n) is 1.95. The quantitative estimate of drug-likeness (QED) is 0.773. The number of nitrogens with one attached hydrogen (secondary N) is 1. The smallest absolute Gasteiger partial charge is 0.270 e. The topological polar surface area (TPSA) is 107 Å². The first kappa shape index (κ1) is 14.1. The van der Waals surface area contributed by atoms with Gasteiger partial charge in [0.2, 0.25) is 5.91 Å². The highest BCUT2D eigenvalue weighted by atomic mass is 32.2. The third kappa shape index (κ3) is 2.42. The van der Waals surface area contributed by atoms with Crippen LogP contribution in [0.1, 0.15) is 6.92 Å². The Morgan fingerprint density at radius 2 is 1.91 bits per heavy atom. The lowest BCUT2D eigenvalue weighted by atomic mass is 10.3. The first-order valence-electron chi connectivity index (χ1n) is 6.25. The van der Waals surface area contributed by atoms with Gasteiger partial charge in [-0.3, -0.25) is 4.79 Å². The average molecular weight is 317 g/mol. The summed E-state index contributed by atoms with van der Waals surface area (Å²) in [5, 5.41) is 2.57. The normalized spacial score (nSPS) is 11.5. The fraction of sp³-hybridized carbons (Fsp3) is 0.0769. The van der Waals surface area contributed by atoms with Crippen LogP contribution in [-0.2, 0) is 14.8 Å². The Balaban J connectivity index is 2.04. The molecule has 1 aromatic carbocycles. The molecule has 0 radical (unpaired) electrons. The Bertz CT molecular complexity index is 947. The van der Waals surface area contributed by atoms with Gasteiger partial charge in [-0.05, 0) is 24.3 Å². The van der Waals surface area contributed by atoms with E-state index in [1.165, 1.54) is 50.0 Å². The van der Waals surface area contributed by atoms with E-state index in [-0.39, 0.29) is 16.4 Å². The summed E-state index contributed by atoms with van der Waals surface area (Å²) in [6, 6.07) is 5.85. The van der Waals surface area contributed by atoms with E-state index >= 15 is 0 Å². The third-order valence-corrected chi connectivity index (χ3v) is 4.57. The second-order valence-electron chi connectivity index (χ2n) is 4.48. The van der Waals surface area contributed by atoms with E-state index in [9.17, 15) is 13.2 Å². The highest BCUT2D eigenvalue weighted by Crippen LogP contribution is 2.20. The fourth-order valence-corrected chi connectivity index (χ4v) is 3.20. The SMILES string of the molecule is CC(=O)Nc1ccc(S(=O)(=O)n2cnc3cncnc32)cc1. The number of rotatable bonds is 3. The molecule has 3 aromatic rings. The van der Waals surface area contributed by atoms with Gasteiger partial charge in [0.05, 0.1) is 11.1 Å². The molecule has 2 heterocycles. The van der Waals surface area contributed by atoms with Crippen molar-refractivity contribution < 1.29 is 13.2 Å². The molecule has 1 N–H and O–H groups in total. The number of imidazole rings is 1. The van der Waals surface area contributed by atoms with Gasteiger partial charge in [0, 0.05) is 12.6 Å².